The molecule has 4 aromatic rings. The Kier molecular flexibility index (Phi) is 4.11. The molecule has 3 heterocycles. The number of hydrogen-bond acceptors (Lipinski definition) is 5. The summed E-state index contributed by atoms with van der Waals surface area (Å²) in [6.45, 7) is 0. The molecule has 0 saturated carbocycles. The lowest BCUT2D eigenvalue weighted by atomic mass is 10.1. The van der Waals surface area contributed by atoms with Crippen LogP contribution in [0.3, 0.4) is 0 Å². The third-order valence-electron chi connectivity index (χ3n) is 3.93. The topological polar surface area (TPSA) is 73.0 Å². The summed E-state index contributed by atoms with van der Waals surface area (Å²) in [6, 6.07) is 5.40. The first-order valence-electron chi connectivity index (χ1n) is 7.76. The molecule has 0 amide bonds. The number of halogens is 3. The Morgan fingerprint density at radius 2 is 1.93 bits per heavy atom. The first kappa shape index (κ1) is 16.8. The smallest absolute Gasteiger partial charge is 0.281 e. The second kappa shape index (κ2) is 6.60. The van der Waals surface area contributed by atoms with E-state index in [1.54, 1.807) is 0 Å². The number of hydrogen-bond donors (Lipinski definition) is 0. The van der Waals surface area contributed by atoms with Gasteiger partial charge in [-0.3, -0.25) is 9.20 Å². The molecule has 27 heavy (non-hydrogen) atoms. The molecule has 0 N–H and O–H groups in total. The number of aromatic nitrogens is 5. The number of nitrogens with zero attached hydrogens (tertiary/aromatic N) is 5. The monoisotopic (exact) mass is 369 g/mol. The van der Waals surface area contributed by atoms with Gasteiger partial charge in [0.25, 0.3) is 6.43 Å². The second-order valence-corrected chi connectivity index (χ2v) is 5.61. The predicted molar refractivity (Wildman–Crippen MR) is 89.8 cm³/mol. The third kappa shape index (κ3) is 3.03. The van der Waals surface area contributed by atoms with Gasteiger partial charge in [-0.2, -0.15) is 0 Å². The van der Waals surface area contributed by atoms with Crippen molar-refractivity contribution in [2.75, 3.05) is 0 Å². The highest BCUT2D eigenvalue weighted by atomic mass is 19.3. The van der Waals surface area contributed by atoms with Gasteiger partial charge in [0.15, 0.2) is 11.5 Å². The fourth-order valence-electron chi connectivity index (χ4n) is 2.63. The van der Waals surface area contributed by atoms with Crippen molar-refractivity contribution in [1.82, 2.24) is 24.3 Å². The van der Waals surface area contributed by atoms with Gasteiger partial charge in [0.2, 0.25) is 0 Å². The van der Waals surface area contributed by atoms with Crippen molar-refractivity contribution in [2.45, 2.75) is 6.43 Å². The van der Waals surface area contributed by atoms with E-state index in [9.17, 15) is 18.0 Å². The largest absolute Gasteiger partial charge is 0.298 e. The summed E-state index contributed by atoms with van der Waals surface area (Å²) in [5, 5.41) is 0. The number of carbonyl (C=O) groups excluding carboxylic acids is 1. The van der Waals surface area contributed by atoms with Crippen molar-refractivity contribution in [1.29, 1.82) is 0 Å². The van der Waals surface area contributed by atoms with Crippen LogP contribution in [0, 0.1) is 5.82 Å². The summed E-state index contributed by atoms with van der Waals surface area (Å²) in [5.41, 5.74) is 0.962. The number of alkyl halides is 2. The summed E-state index contributed by atoms with van der Waals surface area (Å²) in [7, 11) is 0. The fourth-order valence-corrected chi connectivity index (χ4v) is 2.63. The minimum absolute atomic E-state index is 0.131. The van der Waals surface area contributed by atoms with Gasteiger partial charge >= 0.3 is 0 Å². The number of benzene rings is 1. The van der Waals surface area contributed by atoms with Gasteiger partial charge in [0, 0.05) is 23.5 Å². The molecule has 4 rings (SSSR count). The van der Waals surface area contributed by atoms with Crippen molar-refractivity contribution in [2.24, 2.45) is 0 Å². The zero-order valence-electron chi connectivity index (χ0n) is 13.6. The lowest BCUT2D eigenvalue weighted by molar-refractivity contribution is 0.112. The molecule has 0 unspecified atom stereocenters. The van der Waals surface area contributed by atoms with Crippen molar-refractivity contribution < 1.29 is 18.0 Å². The molecular weight excluding hydrogens is 359 g/mol. The van der Waals surface area contributed by atoms with Gasteiger partial charge in [-0.15, -0.1) is 0 Å². The molecule has 0 spiro atoms. The lowest BCUT2D eigenvalue weighted by Crippen LogP contribution is -1.99. The van der Waals surface area contributed by atoms with E-state index in [-0.39, 0.29) is 17.1 Å². The number of carbonyl (C=O) groups is 1. The molecule has 3 aromatic heterocycles. The summed E-state index contributed by atoms with van der Waals surface area (Å²) in [5.74, 6) is -0.380. The maximum Gasteiger partial charge on any atom is 0.281 e. The van der Waals surface area contributed by atoms with Gasteiger partial charge in [-0.05, 0) is 24.3 Å². The highest BCUT2D eigenvalue weighted by Crippen LogP contribution is 2.25. The van der Waals surface area contributed by atoms with E-state index in [0.717, 1.165) is 6.20 Å². The van der Waals surface area contributed by atoms with E-state index in [1.165, 1.54) is 47.3 Å². The Balaban J connectivity index is 1.85. The molecule has 0 aliphatic carbocycles. The van der Waals surface area contributed by atoms with E-state index in [4.69, 9.17) is 0 Å². The minimum Gasteiger partial charge on any atom is -0.298 e. The molecule has 0 aliphatic heterocycles. The minimum atomic E-state index is -2.74. The van der Waals surface area contributed by atoms with E-state index in [2.05, 4.69) is 19.9 Å². The number of rotatable bonds is 4. The van der Waals surface area contributed by atoms with Crippen LogP contribution in [-0.4, -0.2) is 30.6 Å². The van der Waals surface area contributed by atoms with Gasteiger partial charge in [0.05, 0.1) is 18.1 Å². The molecule has 9 heteroatoms. The maximum absolute atomic E-state index is 14.2. The second-order valence-electron chi connectivity index (χ2n) is 5.61. The molecule has 6 nitrogen and oxygen atoms in total. The average Bonchev–Trinajstić information content (AvgIpc) is 3.11. The molecule has 0 aliphatic rings. The van der Waals surface area contributed by atoms with Crippen LogP contribution in [0.5, 0.6) is 0 Å². The summed E-state index contributed by atoms with van der Waals surface area (Å²) >= 11 is 0. The van der Waals surface area contributed by atoms with Crippen LogP contribution in [0.1, 0.15) is 22.5 Å². The Labute approximate surface area is 150 Å². The lowest BCUT2D eigenvalue weighted by Gasteiger charge is -2.06. The fraction of sp³-hybridized carbons (Fsp3) is 0.0556. The molecule has 0 bridgehead atoms. The van der Waals surface area contributed by atoms with Crippen molar-refractivity contribution in [3.05, 3.63) is 66.1 Å². The van der Waals surface area contributed by atoms with Gasteiger partial charge in [-0.1, -0.05) is 0 Å². The van der Waals surface area contributed by atoms with Gasteiger partial charge in [0.1, 0.15) is 23.5 Å². The molecule has 0 radical (unpaired) electrons. The van der Waals surface area contributed by atoms with E-state index >= 15 is 0 Å². The van der Waals surface area contributed by atoms with Crippen LogP contribution in [0.25, 0.3) is 28.4 Å². The quantitative estimate of drug-likeness (QED) is 0.513. The highest BCUT2D eigenvalue weighted by molar-refractivity contribution is 5.78. The van der Waals surface area contributed by atoms with Crippen LogP contribution >= 0.6 is 0 Å². The first-order valence-corrected chi connectivity index (χ1v) is 7.76. The van der Waals surface area contributed by atoms with E-state index < -0.39 is 17.9 Å². The Morgan fingerprint density at radius 3 is 2.70 bits per heavy atom. The first-order chi connectivity index (χ1) is 13.1. The predicted octanol–water partition coefficient (Wildman–Crippen LogP) is 3.74. The maximum atomic E-state index is 14.2. The Hall–Kier alpha value is -3.62. The SMILES string of the molecule is O=Cc1ccc(F)c(-c2ccnc(-c3cnc4cnc(C(F)F)cn34)n2)c1. The van der Waals surface area contributed by atoms with Crippen LogP contribution < -0.4 is 0 Å². The molecular formula is C18H10F3N5O. The molecule has 134 valence electrons. The number of imidazole rings is 1. The van der Waals surface area contributed by atoms with Crippen molar-refractivity contribution in [3.63, 3.8) is 0 Å². The average molecular weight is 369 g/mol. The summed E-state index contributed by atoms with van der Waals surface area (Å²) in [4.78, 5) is 27.1. The van der Waals surface area contributed by atoms with Crippen LogP contribution in [0.2, 0.25) is 0 Å². The highest BCUT2D eigenvalue weighted by Gasteiger charge is 2.15. The van der Waals surface area contributed by atoms with Crippen LogP contribution in [0.4, 0.5) is 13.2 Å². The summed E-state index contributed by atoms with van der Waals surface area (Å²) < 4.78 is 41.4. The number of aldehydes is 1. The normalized spacial score (nSPS) is 11.3. The van der Waals surface area contributed by atoms with Crippen LogP contribution in [-0.2, 0) is 0 Å². The van der Waals surface area contributed by atoms with Crippen LogP contribution in [0.15, 0.2) is 49.1 Å². The molecule has 0 fully saturated rings. The number of fused-ring (bicyclic) bond motifs is 1. The van der Waals surface area contributed by atoms with Crippen molar-refractivity contribution in [3.8, 4) is 22.8 Å². The Morgan fingerprint density at radius 1 is 1.07 bits per heavy atom. The van der Waals surface area contributed by atoms with Gasteiger partial charge in [-0.25, -0.2) is 33.1 Å². The van der Waals surface area contributed by atoms with Crippen molar-refractivity contribution >= 4 is 11.9 Å². The third-order valence-corrected chi connectivity index (χ3v) is 3.93. The standard InChI is InChI=1S/C18H10F3N5O/c19-12-2-1-10(9-27)5-11(12)13-3-4-22-18(25-13)15-6-24-16-7-23-14(17(20)21)8-26(15)16/h1-9,17H. The zero-order valence-corrected chi connectivity index (χ0v) is 13.6. The van der Waals surface area contributed by atoms with Gasteiger partial charge < -0.3 is 0 Å². The molecule has 1 aromatic carbocycles. The molecule has 0 atom stereocenters. The van der Waals surface area contributed by atoms with E-state index in [1.807, 2.05) is 0 Å². The summed E-state index contributed by atoms with van der Waals surface area (Å²) in [6.07, 6.45) is 3.09. The Bertz CT molecular complexity index is 1160. The zero-order chi connectivity index (χ0) is 19.0. The van der Waals surface area contributed by atoms with E-state index in [0.29, 0.717) is 23.2 Å². The molecule has 0 saturated heterocycles.